The van der Waals surface area contributed by atoms with Crippen molar-refractivity contribution in [2.75, 3.05) is 27.2 Å². The molecule has 0 saturated heterocycles. The summed E-state index contributed by atoms with van der Waals surface area (Å²) < 4.78 is 1.14. The van der Waals surface area contributed by atoms with Gasteiger partial charge < -0.3 is 10.2 Å². The fraction of sp³-hybridized carbons (Fsp3) is 0.462. The SMILES string of the molecule is CN(C)CCCCNC(=O)c1ccc([124I])cc1. The minimum atomic E-state index is 0.0197. The molecule has 0 fully saturated rings. The fourth-order valence-corrected chi connectivity index (χ4v) is 1.82. The summed E-state index contributed by atoms with van der Waals surface area (Å²) in [6.07, 6.45) is 2.13. The second kappa shape index (κ2) is 7.66. The summed E-state index contributed by atoms with van der Waals surface area (Å²) in [7, 11) is 4.12. The molecule has 4 heteroatoms. The maximum Gasteiger partial charge on any atom is 0.251 e. The largest absolute Gasteiger partial charge is 0.352 e. The lowest BCUT2D eigenvalue weighted by molar-refractivity contribution is 0.0953. The number of carbonyl (C=O) groups is 1. The molecule has 1 amide bonds. The van der Waals surface area contributed by atoms with Crippen molar-refractivity contribution in [1.82, 2.24) is 10.2 Å². The normalized spacial score (nSPS) is 10.6. The zero-order valence-corrected chi connectivity index (χ0v) is 12.5. The van der Waals surface area contributed by atoms with Gasteiger partial charge in [0.05, 0.1) is 0 Å². The summed E-state index contributed by atoms with van der Waals surface area (Å²) in [5.41, 5.74) is 0.734. The summed E-state index contributed by atoms with van der Waals surface area (Å²) in [4.78, 5) is 13.9. The number of nitrogens with zero attached hydrogens (tertiary/aromatic N) is 1. The first-order valence-corrected chi connectivity index (χ1v) is 6.86. The van der Waals surface area contributed by atoms with E-state index in [0.717, 1.165) is 35.1 Å². The summed E-state index contributed by atoms with van der Waals surface area (Å²) in [6, 6.07) is 7.61. The third-order valence-electron chi connectivity index (χ3n) is 2.42. The molecule has 0 aliphatic carbocycles. The van der Waals surface area contributed by atoms with Gasteiger partial charge in [-0.2, -0.15) is 0 Å². The highest BCUT2D eigenvalue weighted by molar-refractivity contribution is 14.1. The van der Waals surface area contributed by atoms with Crippen LogP contribution in [0.5, 0.6) is 0 Å². The highest BCUT2D eigenvalue weighted by Gasteiger charge is 2.03. The summed E-state index contributed by atoms with van der Waals surface area (Å²) in [6.45, 7) is 1.82. The maximum absolute atomic E-state index is 11.7. The van der Waals surface area contributed by atoms with Crippen LogP contribution in [0.15, 0.2) is 24.3 Å². The molecular formula is C13H19IN2O. The average Bonchev–Trinajstić information content (AvgIpc) is 2.29. The fourth-order valence-electron chi connectivity index (χ4n) is 1.46. The average molecular weight is 343 g/mol. The molecule has 0 heterocycles. The topological polar surface area (TPSA) is 32.3 Å². The second-order valence-electron chi connectivity index (χ2n) is 4.27. The molecule has 1 rings (SSSR count). The maximum atomic E-state index is 11.7. The van der Waals surface area contributed by atoms with Crippen LogP contribution in [0.2, 0.25) is 0 Å². The van der Waals surface area contributed by atoms with E-state index in [4.69, 9.17) is 0 Å². The molecule has 0 unspecified atom stereocenters. The number of benzene rings is 1. The summed E-state index contributed by atoms with van der Waals surface area (Å²) in [5, 5.41) is 2.93. The van der Waals surface area contributed by atoms with Crippen molar-refractivity contribution in [2.45, 2.75) is 12.8 Å². The summed E-state index contributed by atoms with van der Waals surface area (Å²) >= 11 is 2.23. The molecule has 0 radical (unpaired) electrons. The Hall–Kier alpha value is -0.620. The molecule has 0 aliphatic heterocycles. The molecular weight excluding hydrogens is 324 g/mol. The number of carbonyl (C=O) groups excluding carboxylic acids is 1. The Morgan fingerprint density at radius 3 is 2.47 bits per heavy atom. The van der Waals surface area contributed by atoms with Gasteiger partial charge >= 0.3 is 0 Å². The number of rotatable bonds is 6. The van der Waals surface area contributed by atoms with Crippen molar-refractivity contribution >= 4 is 28.5 Å². The Morgan fingerprint density at radius 1 is 1.24 bits per heavy atom. The van der Waals surface area contributed by atoms with Crippen LogP contribution in [0.3, 0.4) is 0 Å². The first-order chi connectivity index (χ1) is 8.09. The molecule has 1 N–H and O–H groups in total. The van der Waals surface area contributed by atoms with Crippen LogP contribution in [0, 0.1) is 3.57 Å². The van der Waals surface area contributed by atoms with Crippen LogP contribution < -0.4 is 5.32 Å². The van der Waals surface area contributed by atoms with E-state index in [0.29, 0.717) is 0 Å². The van der Waals surface area contributed by atoms with Gasteiger partial charge in [0.1, 0.15) is 0 Å². The molecule has 0 bridgehead atoms. The highest BCUT2D eigenvalue weighted by atomic mass is 124. The van der Waals surface area contributed by atoms with E-state index in [2.05, 4.69) is 46.9 Å². The predicted octanol–water partition coefficient (Wildman–Crippen LogP) is 2.36. The molecule has 17 heavy (non-hydrogen) atoms. The number of nitrogens with one attached hydrogen (secondary N) is 1. The lowest BCUT2D eigenvalue weighted by Gasteiger charge is -2.09. The molecule has 3 nitrogen and oxygen atoms in total. The zero-order chi connectivity index (χ0) is 12.7. The number of hydrogen-bond donors (Lipinski definition) is 1. The lowest BCUT2D eigenvalue weighted by atomic mass is 10.2. The van der Waals surface area contributed by atoms with E-state index in [9.17, 15) is 4.79 Å². The van der Waals surface area contributed by atoms with E-state index in [-0.39, 0.29) is 5.91 Å². The predicted molar refractivity (Wildman–Crippen MR) is 79.3 cm³/mol. The second-order valence-corrected chi connectivity index (χ2v) is 5.52. The Morgan fingerprint density at radius 2 is 1.88 bits per heavy atom. The molecule has 0 aromatic heterocycles. The molecule has 94 valence electrons. The van der Waals surface area contributed by atoms with Gasteiger partial charge in [-0.1, -0.05) is 0 Å². The van der Waals surface area contributed by atoms with Gasteiger partial charge in [0, 0.05) is 15.7 Å². The van der Waals surface area contributed by atoms with E-state index < -0.39 is 0 Å². The van der Waals surface area contributed by atoms with Gasteiger partial charge in [-0.3, -0.25) is 4.79 Å². The van der Waals surface area contributed by atoms with Gasteiger partial charge in [0.15, 0.2) is 0 Å². The van der Waals surface area contributed by atoms with Crippen molar-refractivity contribution in [1.29, 1.82) is 0 Å². The highest BCUT2D eigenvalue weighted by Crippen LogP contribution is 2.06. The van der Waals surface area contributed by atoms with Crippen LogP contribution in [0.1, 0.15) is 23.2 Å². The molecule has 0 spiro atoms. The number of unbranched alkanes of at least 4 members (excludes halogenated alkanes) is 1. The molecule has 1 aromatic rings. The van der Waals surface area contributed by atoms with Crippen molar-refractivity contribution in [3.05, 3.63) is 33.4 Å². The smallest absolute Gasteiger partial charge is 0.251 e. The van der Waals surface area contributed by atoms with Crippen LogP contribution in [-0.4, -0.2) is 38.0 Å². The molecule has 0 saturated carbocycles. The first kappa shape index (κ1) is 14.4. The number of hydrogen-bond acceptors (Lipinski definition) is 2. The Labute approximate surface area is 117 Å². The molecule has 0 atom stereocenters. The standard InChI is InChI=1S/C13H19IN2O/c1-16(2)10-4-3-9-15-13(17)11-5-7-12(14)8-6-11/h5-8H,3-4,9-10H2,1-2H3,(H,15,17)/i14-3. The van der Waals surface area contributed by atoms with Crippen molar-refractivity contribution < 1.29 is 4.79 Å². The van der Waals surface area contributed by atoms with Gasteiger partial charge in [-0.15, -0.1) is 0 Å². The van der Waals surface area contributed by atoms with Gasteiger partial charge in [-0.05, 0) is 80.3 Å². The van der Waals surface area contributed by atoms with Crippen LogP contribution in [0.25, 0.3) is 0 Å². The van der Waals surface area contributed by atoms with E-state index in [1.807, 2.05) is 24.3 Å². The lowest BCUT2D eigenvalue weighted by Crippen LogP contribution is -2.25. The summed E-state index contributed by atoms with van der Waals surface area (Å²) in [5.74, 6) is 0.0197. The first-order valence-electron chi connectivity index (χ1n) is 5.78. The molecule has 1 aromatic carbocycles. The van der Waals surface area contributed by atoms with Crippen molar-refractivity contribution in [3.8, 4) is 0 Å². The third kappa shape index (κ3) is 6.02. The van der Waals surface area contributed by atoms with Gasteiger partial charge in [0.2, 0.25) is 0 Å². The van der Waals surface area contributed by atoms with Crippen LogP contribution in [0.4, 0.5) is 0 Å². The van der Waals surface area contributed by atoms with Gasteiger partial charge in [-0.25, -0.2) is 0 Å². The van der Waals surface area contributed by atoms with Gasteiger partial charge in [0.25, 0.3) is 5.91 Å². The van der Waals surface area contributed by atoms with Crippen LogP contribution in [-0.2, 0) is 0 Å². The van der Waals surface area contributed by atoms with E-state index in [1.54, 1.807) is 0 Å². The van der Waals surface area contributed by atoms with Crippen LogP contribution >= 0.6 is 22.6 Å². The monoisotopic (exact) mass is 343 g/mol. The number of halogens is 1. The minimum absolute atomic E-state index is 0.0197. The van der Waals surface area contributed by atoms with Crippen molar-refractivity contribution in [3.63, 3.8) is 0 Å². The van der Waals surface area contributed by atoms with E-state index in [1.165, 1.54) is 0 Å². The van der Waals surface area contributed by atoms with Crippen molar-refractivity contribution in [2.24, 2.45) is 0 Å². The minimum Gasteiger partial charge on any atom is -0.352 e. The van der Waals surface area contributed by atoms with E-state index >= 15 is 0 Å². The molecule has 0 aliphatic rings. The zero-order valence-electron chi connectivity index (χ0n) is 10.4. The number of amides is 1. The Bertz CT molecular complexity index is 349. The Balaban J connectivity index is 2.23. The quantitative estimate of drug-likeness (QED) is 0.635. The third-order valence-corrected chi connectivity index (χ3v) is 3.14. The Kier molecular flexibility index (Phi) is 6.50.